The van der Waals surface area contributed by atoms with Gasteiger partial charge >= 0.3 is 0 Å². The predicted octanol–water partition coefficient (Wildman–Crippen LogP) is 3.49. The number of sulfone groups is 1. The molecule has 1 aliphatic rings. The van der Waals surface area contributed by atoms with E-state index >= 15 is 0 Å². The van der Waals surface area contributed by atoms with E-state index in [9.17, 15) is 18.5 Å². The van der Waals surface area contributed by atoms with Crippen molar-refractivity contribution in [1.82, 2.24) is 9.80 Å². The Balaban J connectivity index is 2.48. The Kier molecular flexibility index (Phi) is 12.0. The van der Waals surface area contributed by atoms with E-state index in [1.807, 2.05) is 24.0 Å². The largest absolute Gasteiger partial charge is 0.312 e. The summed E-state index contributed by atoms with van der Waals surface area (Å²) >= 11 is 0. The van der Waals surface area contributed by atoms with Gasteiger partial charge in [-0.1, -0.05) is 38.1 Å². The number of amidine groups is 2. The molecule has 0 saturated carbocycles. The smallest absolute Gasteiger partial charge is 0.267 e. The summed E-state index contributed by atoms with van der Waals surface area (Å²) in [5.74, 6) is 0.345. The van der Waals surface area contributed by atoms with Crippen molar-refractivity contribution < 1.29 is 13.3 Å². The predicted molar refractivity (Wildman–Crippen MR) is 150 cm³/mol. The molecule has 1 heterocycles. The molecule has 2 atom stereocenters. The van der Waals surface area contributed by atoms with E-state index in [1.165, 1.54) is 25.3 Å². The van der Waals surface area contributed by atoms with Crippen molar-refractivity contribution in [2.24, 2.45) is 21.6 Å². The van der Waals surface area contributed by atoms with Gasteiger partial charge < -0.3 is 10.6 Å². The summed E-state index contributed by atoms with van der Waals surface area (Å²) in [4.78, 5) is 23.8. The summed E-state index contributed by atoms with van der Waals surface area (Å²) in [7, 11) is -3.84. The molecule has 11 heteroatoms. The van der Waals surface area contributed by atoms with Gasteiger partial charge in [0.25, 0.3) is 6.04 Å². The van der Waals surface area contributed by atoms with Gasteiger partial charge in [-0.3, -0.25) is 15.0 Å². The van der Waals surface area contributed by atoms with Crippen molar-refractivity contribution in [3.63, 3.8) is 0 Å². The van der Waals surface area contributed by atoms with Gasteiger partial charge in [0.2, 0.25) is 15.0 Å². The Bertz CT molecular complexity index is 1030. The van der Waals surface area contributed by atoms with Crippen LogP contribution >= 0.6 is 0 Å². The minimum atomic E-state index is -3.84. The second-order valence-corrected chi connectivity index (χ2v) is 11.7. The molecule has 0 aliphatic carbocycles. The van der Waals surface area contributed by atoms with Crippen LogP contribution in [0.2, 0.25) is 0 Å². The first-order valence-corrected chi connectivity index (χ1v) is 15.0. The molecule has 0 amide bonds. The summed E-state index contributed by atoms with van der Waals surface area (Å²) in [6.45, 7) is 10.8. The van der Waals surface area contributed by atoms with Crippen molar-refractivity contribution in [3.8, 4) is 0 Å². The lowest BCUT2D eigenvalue weighted by atomic mass is 9.94. The van der Waals surface area contributed by atoms with E-state index in [-0.39, 0.29) is 18.5 Å². The van der Waals surface area contributed by atoms with Crippen LogP contribution in [0.3, 0.4) is 0 Å². The van der Waals surface area contributed by atoms with E-state index in [2.05, 4.69) is 47.3 Å². The van der Waals surface area contributed by atoms with Crippen molar-refractivity contribution in [1.29, 1.82) is 0 Å². The number of hydrogen-bond donors (Lipinski definition) is 1. The maximum Gasteiger partial charge on any atom is 0.267 e. The molecule has 1 aromatic carbocycles. The third-order valence-electron chi connectivity index (χ3n) is 6.82. The highest BCUT2D eigenvalue weighted by Gasteiger charge is 2.36. The Morgan fingerprint density at radius 1 is 1.16 bits per heavy atom. The van der Waals surface area contributed by atoms with Gasteiger partial charge in [-0.2, -0.15) is 4.99 Å². The molecule has 2 N–H and O–H groups in total. The Hall–Kier alpha value is -2.50. The molecule has 206 valence electrons. The van der Waals surface area contributed by atoms with Gasteiger partial charge in [-0.05, 0) is 56.8 Å². The topological polar surface area (TPSA) is 134 Å². The number of benzene rings is 1. The lowest BCUT2D eigenvalue weighted by molar-refractivity contribution is -0.499. The maximum atomic E-state index is 12.4. The maximum absolute atomic E-state index is 12.4. The fourth-order valence-corrected chi connectivity index (χ4v) is 5.11. The summed E-state index contributed by atoms with van der Waals surface area (Å²) in [5, 5.41) is 11.4. The molecule has 0 radical (unpaired) electrons. The standard InChI is InChI=1S/C26H43N6O4S/c1-6-22(7-2)16-20(3)31(18-24-12-10-23(11-13-24)17-30-14-8-9-15-30)25(21(4)32(33)34)29-26(28-19-27)37(5,35)36/h10-13,16,20-22H,6-9,14-15,17-19,27H2,1-5H3/q+1. The summed E-state index contributed by atoms with van der Waals surface area (Å²) in [5.41, 5.74) is 7.67. The molecular formula is C26H43N6O4S+. The average molecular weight is 536 g/mol. The van der Waals surface area contributed by atoms with Gasteiger partial charge in [0.1, 0.15) is 6.42 Å². The summed E-state index contributed by atoms with van der Waals surface area (Å²) in [6, 6.07) is 6.74. The fourth-order valence-electron chi connectivity index (χ4n) is 4.54. The zero-order chi connectivity index (χ0) is 27.6. The minimum Gasteiger partial charge on any atom is -0.312 e. The van der Waals surface area contributed by atoms with Crippen LogP contribution in [-0.4, -0.2) is 72.2 Å². The van der Waals surface area contributed by atoms with Crippen molar-refractivity contribution in [3.05, 3.63) is 51.9 Å². The molecule has 1 aliphatic heterocycles. The highest BCUT2D eigenvalue weighted by atomic mass is 32.2. The van der Waals surface area contributed by atoms with E-state index in [1.54, 1.807) is 0 Å². The van der Waals surface area contributed by atoms with Crippen LogP contribution in [-0.2, 0) is 22.9 Å². The second kappa shape index (κ2) is 14.4. The third kappa shape index (κ3) is 9.39. The lowest BCUT2D eigenvalue weighted by Gasteiger charge is -2.29. The van der Waals surface area contributed by atoms with Crippen molar-refractivity contribution in [2.75, 3.05) is 26.0 Å². The first-order valence-electron chi connectivity index (χ1n) is 13.1. The number of aliphatic imine (C=N–C) groups is 2. The average Bonchev–Trinajstić information content (AvgIpc) is 3.36. The highest BCUT2D eigenvalue weighted by Crippen LogP contribution is 2.22. The number of nitrogens with zero attached hydrogens (tertiary/aromatic N) is 5. The fraction of sp³-hybridized carbons (Fsp3) is 0.654. The van der Waals surface area contributed by atoms with Crippen molar-refractivity contribution in [2.45, 2.75) is 78.6 Å². The second-order valence-electron chi connectivity index (χ2n) is 9.76. The van der Waals surface area contributed by atoms with Gasteiger partial charge in [0, 0.05) is 31.2 Å². The Morgan fingerprint density at radius 2 is 1.73 bits per heavy atom. The summed E-state index contributed by atoms with van der Waals surface area (Å²) < 4.78 is 24.7. The van der Waals surface area contributed by atoms with Gasteiger partial charge in [-0.25, -0.2) is 13.4 Å². The first kappa shape index (κ1) is 30.7. The number of nitrogens with two attached hydrogens (primary N) is 1. The molecule has 1 saturated heterocycles. The van der Waals surface area contributed by atoms with E-state index in [4.69, 9.17) is 5.73 Å². The van der Waals surface area contributed by atoms with Crippen molar-refractivity contribution >= 4 is 20.8 Å². The molecule has 2 unspecified atom stereocenters. The quantitative estimate of drug-likeness (QED) is 0.142. The molecule has 0 aromatic heterocycles. The van der Waals surface area contributed by atoms with Crippen LogP contribution in [0.5, 0.6) is 0 Å². The van der Waals surface area contributed by atoms with Gasteiger partial charge in [0.05, 0.1) is 12.6 Å². The van der Waals surface area contributed by atoms with Crippen LogP contribution in [0.4, 0.5) is 0 Å². The number of hydrogen-bond acceptors (Lipinski definition) is 7. The third-order valence-corrected chi connectivity index (χ3v) is 7.71. The van der Waals surface area contributed by atoms with Gasteiger partial charge in [-0.15, -0.1) is 0 Å². The minimum absolute atomic E-state index is 0.0403. The monoisotopic (exact) mass is 535 g/mol. The number of nitro groups is 1. The first-order chi connectivity index (χ1) is 17.5. The number of rotatable bonds is 12. The van der Waals surface area contributed by atoms with Crippen LogP contribution in [0.15, 0.2) is 34.3 Å². The van der Waals surface area contributed by atoms with Crippen LogP contribution < -0.4 is 5.73 Å². The molecule has 1 aromatic rings. The van der Waals surface area contributed by atoms with Crippen LogP contribution in [0, 0.1) is 22.5 Å². The molecule has 10 nitrogen and oxygen atoms in total. The van der Waals surface area contributed by atoms with Crippen LogP contribution in [0.25, 0.3) is 0 Å². The normalized spacial score (nSPS) is 17.2. The summed E-state index contributed by atoms with van der Waals surface area (Å²) in [6.07, 6.45) is 7.46. The molecule has 37 heavy (non-hydrogen) atoms. The number of likely N-dealkylation sites (tertiary alicyclic amines) is 1. The van der Waals surface area contributed by atoms with E-state index in [0.29, 0.717) is 12.5 Å². The Labute approximate surface area is 222 Å². The lowest BCUT2D eigenvalue weighted by Crippen LogP contribution is -2.47. The van der Waals surface area contributed by atoms with E-state index in [0.717, 1.165) is 44.3 Å². The molecular weight excluding hydrogens is 492 g/mol. The zero-order valence-electron chi connectivity index (χ0n) is 22.8. The van der Waals surface area contributed by atoms with E-state index < -0.39 is 26.0 Å². The SMILES string of the molecule is CCC([CH+]C(C)N(Cc1ccc(CN2CCCC2)cc1)C(=NC(=NCN)S(C)(=O)=O)C(C)[N+](=O)[O-])CC. The molecule has 0 spiro atoms. The van der Waals surface area contributed by atoms with Crippen LogP contribution in [0.1, 0.15) is 64.5 Å². The zero-order valence-corrected chi connectivity index (χ0v) is 23.7. The molecule has 0 bridgehead atoms. The molecule has 1 fully saturated rings. The molecule has 2 rings (SSSR count). The highest BCUT2D eigenvalue weighted by molar-refractivity contribution is 8.05. The Morgan fingerprint density at radius 3 is 2.22 bits per heavy atom. The van der Waals surface area contributed by atoms with Gasteiger partial charge in [0.15, 0.2) is 11.9 Å².